The maximum absolute atomic E-state index is 12.7. The van der Waals surface area contributed by atoms with Crippen LogP contribution in [0.4, 0.5) is 5.69 Å². The summed E-state index contributed by atoms with van der Waals surface area (Å²) in [6.45, 7) is 4.09. The first kappa shape index (κ1) is 22.1. The number of rotatable bonds is 8. The first-order valence-corrected chi connectivity index (χ1v) is 10.2. The quantitative estimate of drug-likeness (QED) is 0.439. The van der Waals surface area contributed by atoms with Crippen molar-refractivity contribution in [2.45, 2.75) is 33.2 Å². The van der Waals surface area contributed by atoms with Crippen molar-refractivity contribution in [3.63, 3.8) is 0 Å². The lowest BCUT2D eigenvalue weighted by atomic mass is 10.1. The van der Waals surface area contributed by atoms with Crippen LogP contribution in [0.1, 0.15) is 35.7 Å². The molecule has 0 unspecified atom stereocenters. The van der Waals surface area contributed by atoms with Gasteiger partial charge >= 0.3 is 5.97 Å². The lowest BCUT2D eigenvalue weighted by Gasteiger charge is -2.15. The fourth-order valence-corrected chi connectivity index (χ4v) is 3.32. The molecular weight excluding hydrogens is 396 g/mol. The highest BCUT2D eigenvalue weighted by atomic mass is 16.5. The molecule has 0 spiro atoms. The van der Waals surface area contributed by atoms with Crippen molar-refractivity contribution in [1.82, 2.24) is 4.57 Å². The molecule has 0 radical (unpaired) electrons. The molecule has 0 aliphatic rings. The summed E-state index contributed by atoms with van der Waals surface area (Å²) in [5.41, 5.74) is 2.05. The molecule has 1 heterocycles. The molecule has 0 aliphatic carbocycles. The predicted octanol–water partition coefficient (Wildman–Crippen LogP) is 3.91. The average Bonchev–Trinajstić information content (AvgIpc) is 2.76. The molecule has 2 aromatic carbocycles. The molecule has 3 rings (SSSR count). The zero-order chi connectivity index (χ0) is 22.4. The number of aromatic nitrogens is 1. The number of nitrogens with zero attached hydrogens (tertiary/aromatic N) is 1. The number of ether oxygens (including phenoxy) is 2. The number of esters is 1. The van der Waals surface area contributed by atoms with Gasteiger partial charge in [0.05, 0.1) is 24.8 Å². The lowest BCUT2D eigenvalue weighted by Crippen LogP contribution is -2.28. The third-order valence-electron chi connectivity index (χ3n) is 4.96. The van der Waals surface area contributed by atoms with E-state index in [0.29, 0.717) is 29.1 Å². The van der Waals surface area contributed by atoms with E-state index in [9.17, 15) is 14.4 Å². The van der Waals surface area contributed by atoms with Crippen LogP contribution in [0.5, 0.6) is 5.75 Å². The van der Waals surface area contributed by atoms with Crippen LogP contribution in [0, 0.1) is 6.92 Å². The standard InChI is InChI=1S/C24H26N2O5/c1-4-5-13-31-24(29)17-9-11-18(12-10-17)25-21(27)15-26-22(28)14-16(2)19-7-6-8-20(30-3)23(19)26/h6-12,14H,4-5,13,15H2,1-3H3,(H,25,27). The number of unbranched alkanes of at least 4 members (excludes halogenated alkanes) is 1. The van der Waals surface area contributed by atoms with Crippen LogP contribution in [0.25, 0.3) is 10.9 Å². The summed E-state index contributed by atoms with van der Waals surface area (Å²) in [6, 6.07) is 13.5. The summed E-state index contributed by atoms with van der Waals surface area (Å²) in [4.78, 5) is 37.3. The van der Waals surface area contributed by atoms with Gasteiger partial charge in [0.2, 0.25) is 5.91 Å². The summed E-state index contributed by atoms with van der Waals surface area (Å²) < 4.78 is 12.0. The van der Waals surface area contributed by atoms with Gasteiger partial charge in [-0.1, -0.05) is 25.5 Å². The smallest absolute Gasteiger partial charge is 0.338 e. The number of hydrogen-bond acceptors (Lipinski definition) is 5. The van der Waals surface area contributed by atoms with Crippen LogP contribution >= 0.6 is 0 Å². The summed E-state index contributed by atoms with van der Waals surface area (Å²) in [5.74, 6) is -0.232. The zero-order valence-electron chi connectivity index (χ0n) is 17.9. The highest BCUT2D eigenvalue weighted by Crippen LogP contribution is 2.26. The normalized spacial score (nSPS) is 10.7. The minimum absolute atomic E-state index is 0.170. The highest BCUT2D eigenvalue weighted by molar-refractivity contribution is 5.94. The molecule has 0 saturated heterocycles. The number of aryl methyl sites for hydroxylation is 1. The number of carbonyl (C=O) groups excluding carboxylic acids is 2. The number of anilines is 1. The van der Waals surface area contributed by atoms with Gasteiger partial charge in [0.15, 0.2) is 0 Å². The largest absolute Gasteiger partial charge is 0.495 e. The van der Waals surface area contributed by atoms with Gasteiger partial charge in [0.25, 0.3) is 5.56 Å². The van der Waals surface area contributed by atoms with Gasteiger partial charge in [0.1, 0.15) is 12.3 Å². The van der Waals surface area contributed by atoms with Gasteiger partial charge in [-0.25, -0.2) is 4.79 Å². The summed E-state index contributed by atoms with van der Waals surface area (Å²) in [7, 11) is 1.53. The molecular formula is C24H26N2O5. The van der Waals surface area contributed by atoms with E-state index in [0.717, 1.165) is 23.8 Å². The van der Waals surface area contributed by atoms with E-state index in [-0.39, 0.29) is 18.0 Å². The molecule has 7 heteroatoms. The van der Waals surface area contributed by atoms with Crippen LogP contribution in [-0.2, 0) is 16.1 Å². The van der Waals surface area contributed by atoms with E-state index in [2.05, 4.69) is 5.32 Å². The van der Waals surface area contributed by atoms with Crippen molar-refractivity contribution in [2.24, 2.45) is 0 Å². The molecule has 0 bridgehead atoms. The topological polar surface area (TPSA) is 86.6 Å². The van der Waals surface area contributed by atoms with Crippen LogP contribution in [0.2, 0.25) is 0 Å². The van der Waals surface area contributed by atoms with E-state index in [1.165, 1.54) is 17.7 Å². The Morgan fingerprint density at radius 1 is 1.10 bits per heavy atom. The Bertz CT molecular complexity index is 1150. The summed E-state index contributed by atoms with van der Waals surface area (Å²) in [5, 5.41) is 3.61. The van der Waals surface area contributed by atoms with Gasteiger partial charge in [-0.05, 0) is 49.2 Å². The van der Waals surface area contributed by atoms with Crippen LogP contribution in [-0.4, -0.2) is 30.2 Å². The fourth-order valence-electron chi connectivity index (χ4n) is 3.32. The van der Waals surface area contributed by atoms with Crippen molar-refractivity contribution in [1.29, 1.82) is 0 Å². The van der Waals surface area contributed by atoms with Crippen molar-refractivity contribution >= 4 is 28.5 Å². The SMILES string of the molecule is CCCCOC(=O)c1ccc(NC(=O)Cn2c(=O)cc(C)c3cccc(OC)c32)cc1. The number of benzene rings is 2. The minimum Gasteiger partial charge on any atom is -0.495 e. The Balaban J connectivity index is 1.76. The van der Waals surface area contributed by atoms with Crippen LogP contribution in [0.15, 0.2) is 53.3 Å². The second kappa shape index (κ2) is 9.93. The molecule has 1 amide bonds. The van der Waals surface area contributed by atoms with Gasteiger partial charge in [-0.15, -0.1) is 0 Å². The maximum atomic E-state index is 12.7. The number of hydrogen-bond donors (Lipinski definition) is 1. The number of amides is 1. The van der Waals surface area contributed by atoms with E-state index >= 15 is 0 Å². The summed E-state index contributed by atoms with van der Waals surface area (Å²) >= 11 is 0. The van der Waals surface area contributed by atoms with Crippen molar-refractivity contribution in [3.05, 3.63) is 70.0 Å². The Morgan fingerprint density at radius 3 is 2.52 bits per heavy atom. The Hall–Kier alpha value is -3.61. The third kappa shape index (κ3) is 5.12. The minimum atomic E-state index is -0.393. The zero-order valence-corrected chi connectivity index (χ0v) is 17.9. The molecule has 0 aliphatic heterocycles. The predicted molar refractivity (Wildman–Crippen MR) is 120 cm³/mol. The molecule has 1 N–H and O–H groups in total. The summed E-state index contributed by atoms with van der Waals surface area (Å²) in [6.07, 6.45) is 1.77. The van der Waals surface area contributed by atoms with Crippen molar-refractivity contribution < 1.29 is 19.1 Å². The Labute approximate surface area is 180 Å². The fraction of sp³-hybridized carbons (Fsp3) is 0.292. The molecule has 31 heavy (non-hydrogen) atoms. The van der Waals surface area contributed by atoms with E-state index in [1.807, 2.05) is 26.0 Å². The van der Waals surface area contributed by atoms with Crippen molar-refractivity contribution in [2.75, 3.05) is 19.0 Å². The number of fused-ring (bicyclic) bond motifs is 1. The number of nitrogens with one attached hydrogen (secondary N) is 1. The highest BCUT2D eigenvalue weighted by Gasteiger charge is 2.14. The number of carbonyl (C=O) groups is 2. The molecule has 7 nitrogen and oxygen atoms in total. The average molecular weight is 422 g/mol. The first-order valence-electron chi connectivity index (χ1n) is 10.2. The molecule has 1 aromatic heterocycles. The maximum Gasteiger partial charge on any atom is 0.338 e. The van der Waals surface area contributed by atoms with E-state index in [1.54, 1.807) is 30.3 Å². The number of pyridine rings is 1. The molecule has 3 aromatic rings. The van der Waals surface area contributed by atoms with Crippen LogP contribution in [0.3, 0.4) is 0 Å². The van der Waals surface area contributed by atoms with Crippen LogP contribution < -0.4 is 15.6 Å². The van der Waals surface area contributed by atoms with E-state index < -0.39 is 5.97 Å². The van der Waals surface area contributed by atoms with Gasteiger partial charge in [-0.2, -0.15) is 0 Å². The Morgan fingerprint density at radius 2 is 1.84 bits per heavy atom. The number of methoxy groups -OCH3 is 1. The second-order valence-electron chi connectivity index (χ2n) is 7.22. The monoisotopic (exact) mass is 422 g/mol. The number of para-hydroxylation sites is 1. The molecule has 0 saturated carbocycles. The first-order chi connectivity index (χ1) is 14.9. The van der Waals surface area contributed by atoms with Gasteiger partial charge < -0.3 is 14.8 Å². The molecule has 162 valence electrons. The van der Waals surface area contributed by atoms with Crippen molar-refractivity contribution in [3.8, 4) is 5.75 Å². The molecule has 0 fully saturated rings. The van der Waals surface area contributed by atoms with Gasteiger partial charge in [-0.3, -0.25) is 14.2 Å². The third-order valence-corrected chi connectivity index (χ3v) is 4.96. The Kier molecular flexibility index (Phi) is 7.07. The molecule has 0 atom stereocenters. The van der Waals surface area contributed by atoms with Gasteiger partial charge in [0, 0.05) is 17.1 Å². The lowest BCUT2D eigenvalue weighted by molar-refractivity contribution is -0.116. The van der Waals surface area contributed by atoms with E-state index in [4.69, 9.17) is 9.47 Å². The second-order valence-corrected chi connectivity index (χ2v) is 7.22.